The molecule has 5 nitrogen and oxygen atoms in total. The fourth-order valence-corrected chi connectivity index (χ4v) is 2.46. The Morgan fingerprint density at radius 2 is 2.17 bits per heavy atom. The molecule has 3 rings (SSSR count). The number of fused-ring (bicyclic) bond motifs is 1. The van der Waals surface area contributed by atoms with Crippen LogP contribution in [-0.4, -0.2) is 22.4 Å². The van der Waals surface area contributed by atoms with Crippen LogP contribution in [0.1, 0.15) is 21.7 Å². The molecule has 0 saturated heterocycles. The van der Waals surface area contributed by atoms with E-state index in [4.69, 9.17) is 4.74 Å². The Bertz CT molecular complexity index is 873. The summed E-state index contributed by atoms with van der Waals surface area (Å²) in [6, 6.07) is 9.66. The second-order valence-electron chi connectivity index (χ2n) is 5.15. The Morgan fingerprint density at radius 1 is 1.35 bits per heavy atom. The fourth-order valence-electron chi connectivity index (χ4n) is 2.46. The first-order valence-corrected chi connectivity index (χ1v) is 7.14. The van der Waals surface area contributed by atoms with Gasteiger partial charge in [0.05, 0.1) is 12.8 Å². The normalized spacial score (nSPS) is 10.7. The molecule has 2 heterocycles. The Balaban J connectivity index is 1.84. The molecule has 2 aromatic heterocycles. The number of halogens is 1. The van der Waals surface area contributed by atoms with E-state index in [-0.39, 0.29) is 18.3 Å². The minimum Gasteiger partial charge on any atom is -0.497 e. The fraction of sp³-hybridized carbons (Fsp3) is 0.176. The van der Waals surface area contributed by atoms with E-state index in [0.29, 0.717) is 28.3 Å². The highest BCUT2D eigenvalue weighted by atomic mass is 19.1. The van der Waals surface area contributed by atoms with Crippen molar-refractivity contribution in [2.24, 2.45) is 0 Å². The molecule has 3 aromatic rings. The highest BCUT2D eigenvalue weighted by Crippen LogP contribution is 2.17. The van der Waals surface area contributed by atoms with E-state index >= 15 is 0 Å². The number of pyridine rings is 1. The van der Waals surface area contributed by atoms with E-state index in [0.717, 1.165) is 0 Å². The standard InChI is InChI=1S/C17H16FN3O2/c1-11-16(21-7-6-14(23-2)9-15(21)20-11)17(22)19-10-12-4-3-5-13(18)8-12/h3-9H,10H2,1-2H3,(H,19,22). The predicted molar refractivity (Wildman–Crippen MR) is 84.1 cm³/mol. The zero-order valence-electron chi connectivity index (χ0n) is 12.8. The summed E-state index contributed by atoms with van der Waals surface area (Å²) in [4.78, 5) is 16.8. The zero-order chi connectivity index (χ0) is 16.4. The SMILES string of the molecule is COc1ccn2c(C(=O)NCc3cccc(F)c3)c(C)nc2c1. The summed E-state index contributed by atoms with van der Waals surface area (Å²) in [5.74, 6) is 0.0912. The van der Waals surface area contributed by atoms with E-state index in [1.54, 1.807) is 48.9 Å². The highest BCUT2D eigenvalue weighted by Gasteiger charge is 2.16. The van der Waals surface area contributed by atoms with E-state index in [1.807, 2.05) is 0 Å². The second-order valence-corrected chi connectivity index (χ2v) is 5.15. The van der Waals surface area contributed by atoms with Crippen molar-refractivity contribution in [3.8, 4) is 5.75 Å². The maximum atomic E-state index is 13.2. The zero-order valence-corrected chi connectivity index (χ0v) is 12.8. The van der Waals surface area contributed by atoms with E-state index in [1.165, 1.54) is 12.1 Å². The molecule has 1 aromatic carbocycles. The topological polar surface area (TPSA) is 55.6 Å². The quantitative estimate of drug-likeness (QED) is 0.806. The van der Waals surface area contributed by atoms with Crippen molar-refractivity contribution < 1.29 is 13.9 Å². The molecule has 0 saturated carbocycles. The molecule has 23 heavy (non-hydrogen) atoms. The summed E-state index contributed by atoms with van der Waals surface area (Å²) in [6.45, 7) is 2.02. The number of hydrogen-bond donors (Lipinski definition) is 1. The molecule has 1 amide bonds. The van der Waals surface area contributed by atoms with Gasteiger partial charge in [-0.25, -0.2) is 9.37 Å². The number of aryl methyl sites for hydroxylation is 1. The number of benzene rings is 1. The lowest BCUT2D eigenvalue weighted by molar-refractivity contribution is 0.0944. The number of rotatable bonds is 4. The van der Waals surface area contributed by atoms with Crippen LogP contribution >= 0.6 is 0 Å². The Hall–Kier alpha value is -2.89. The smallest absolute Gasteiger partial charge is 0.270 e. The van der Waals surface area contributed by atoms with E-state index < -0.39 is 0 Å². The van der Waals surface area contributed by atoms with Gasteiger partial charge in [-0.1, -0.05) is 12.1 Å². The van der Waals surface area contributed by atoms with Gasteiger partial charge in [0.15, 0.2) is 0 Å². The third-order valence-electron chi connectivity index (χ3n) is 3.56. The minimum absolute atomic E-state index is 0.249. The van der Waals surface area contributed by atoms with Crippen molar-refractivity contribution in [3.63, 3.8) is 0 Å². The summed E-state index contributed by atoms with van der Waals surface area (Å²) in [6.07, 6.45) is 1.74. The lowest BCUT2D eigenvalue weighted by Crippen LogP contribution is -2.25. The molecule has 0 spiro atoms. The molecule has 0 radical (unpaired) electrons. The van der Waals surface area contributed by atoms with Crippen LogP contribution in [0.5, 0.6) is 5.75 Å². The van der Waals surface area contributed by atoms with Gasteiger partial charge >= 0.3 is 0 Å². The average Bonchev–Trinajstić information content (AvgIpc) is 2.87. The van der Waals surface area contributed by atoms with Gasteiger partial charge in [0.2, 0.25) is 0 Å². The third kappa shape index (κ3) is 3.01. The van der Waals surface area contributed by atoms with E-state index in [2.05, 4.69) is 10.3 Å². The molecule has 6 heteroatoms. The van der Waals surface area contributed by atoms with Gasteiger partial charge in [0, 0.05) is 18.8 Å². The number of nitrogens with one attached hydrogen (secondary N) is 1. The van der Waals surface area contributed by atoms with Gasteiger partial charge in [-0.2, -0.15) is 0 Å². The highest BCUT2D eigenvalue weighted by molar-refractivity contribution is 5.94. The number of imidazole rings is 1. The predicted octanol–water partition coefficient (Wildman–Crippen LogP) is 2.72. The second kappa shape index (κ2) is 6.08. The van der Waals surface area contributed by atoms with Crippen molar-refractivity contribution in [2.75, 3.05) is 7.11 Å². The summed E-state index contributed by atoms with van der Waals surface area (Å²) >= 11 is 0. The summed E-state index contributed by atoms with van der Waals surface area (Å²) < 4.78 is 20.0. The molecule has 1 N–H and O–H groups in total. The number of aromatic nitrogens is 2. The number of carbonyl (C=O) groups is 1. The van der Waals surface area contributed by atoms with E-state index in [9.17, 15) is 9.18 Å². The molecule has 0 aliphatic heterocycles. The number of amides is 1. The lowest BCUT2D eigenvalue weighted by atomic mass is 10.2. The van der Waals surface area contributed by atoms with Gasteiger partial charge < -0.3 is 10.1 Å². The van der Waals surface area contributed by atoms with Crippen LogP contribution in [0.4, 0.5) is 4.39 Å². The van der Waals surface area contributed by atoms with Gasteiger partial charge in [-0.3, -0.25) is 9.20 Å². The molecular formula is C17H16FN3O2. The van der Waals surface area contributed by atoms with Crippen LogP contribution in [0, 0.1) is 12.7 Å². The number of ether oxygens (including phenoxy) is 1. The lowest BCUT2D eigenvalue weighted by Gasteiger charge is -2.07. The maximum absolute atomic E-state index is 13.2. The Kier molecular flexibility index (Phi) is 3.97. The molecule has 0 unspecified atom stereocenters. The summed E-state index contributed by atoms with van der Waals surface area (Å²) in [7, 11) is 1.58. The number of nitrogens with zero attached hydrogens (tertiary/aromatic N) is 2. The van der Waals surface area contributed by atoms with Crippen LogP contribution < -0.4 is 10.1 Å². The van der Waals surface area contributed by atoms with Gasteiger partial charge in [0.25, 0.3) is 5.91 Å². The van der Waals surface area contributed by atoms with Crippen LogP contribution in [0.2, 0.25) is 0 Å². The number of methoxy groups -OCH3 is 1. The summed E-state index contributed by atoms with van der Waals surface area (Å²) in [5, 5.41) is 2.79. The Morgan fingerprint density at radius 3 is 2.91 bits per heavy atom. The number of carbonyl (C=O) groups excluding carboxylic acids is 1. The monoisotopic (exact) mass is 313 g/mol. The molecule has 0 aliphatic rings. The van der Waals surface area contributed by atoms with Crippen molar-refractivity contribution >= 4 is 11.6 Å². The first-order chi connectivity index (χ1) is 11.1. The first kappa shape index (κ1) is 15.0. The molecular weight excluding hydrogens is 297 g/mol. The molecule has 0 aliphatic carbocycles. The molecule has 0 fully saturated rings. The van der Waals surface area contributed by atoms with Crippen LogP contribution in [0.3, 0.4) is 0 Å². The largest absolute Gasteiger partial charge is 0.497 e. The molecule has 118 valence electrons. The first-order valence-electron chi connectivity index (χ1n) is 7.14. The Labute approximate surface area is 132 Å². The van der Waals surface area contributed by atoms with Crippen LogP contribution in [-0.2, 0) is 6.54 Å². The number of hydrogen-bond acceptors (Lipinski definition) is 3. The van der Waals surface area contributed by atoms with Gasteiger partial charge in [-0.05, 0) is 30.7 Å². The van der Waals surface area contributed by atoms with Crippen molar-refractivity contribution in [3.05, 3.63) is 65.4 Å². The average molecular weight is 313 g/mol. The van der Waals surface area contributed by atoms with Gasteiger partial charge in [-0.15, -0.1) is 0 Å². The van der Waals surface area contributed by atoms with Gasteiger partial charge in [0.1, 0.15) is 22.9 Å². The van der Waals surface area contributed by atoms with Crippen LogP contribution in [0.15, 0.2) is 42.6 Å². The molecule has 0 atom stereocenters. The van der Waals surface area contributed by atoms with Crippen molar-refractivity contribution in [1.82, 2.24) is 14.7 Å². The minimum atomic E-state index is -0.324. The van der Waals surface area contributed by atoms with Crippen molar-refractivity contribution in [2.45, 2.75) is 13.5 Å². The van der Waals surface area contributed by atoms with Crippen molar-refractivity contribution in [1.29, 1.82) is 0 Å². The van der Waals surface area contributed by atoms with Crippen LogP contribution in [0.25, 0.3) is 5.65 Å². The third-order valence-corrected chi connectivity index (χ3v) is 3.56. The summed E-state index contributed by atoms with van der Waals surface area (Å²) in [5.41, 5.74) is 2.42. The molecule has 0 bridgehead atoms. The maximum Gasteiger partial charge on any atom is 0.270 e.